The maximum Gasteiger partial charge on any atom is 0.407 e. The van der Waals surface area contributed by atoms with Crippen molar-refractivity contribution in [1.29, 1.82) is 0 Å². The Morgan fingerprint density at radius 1 is 1.09 bits per heavy atom. The molecule has 1 saturated carbocycles. The quantitative estimate of drug-likeness (QED) is 0.679. The number of carbonyl (C=O) groups is 3. The van der Waals surface area contributed by atoms with Crippen LogP contribution in [-0.2, 0) is 14.3 Å². The Balaban J connectivity index is 1.11. The number of hydrogen-bond donors (Lipinski definition) is 2. The van der Waals surface area contributed by atoms with Crippen LogP contribution in [0.25, 0.3) is 11.1 Å². The molecule has 1 heterocycles. The number of ether oxygens (including phenoxy) is 1. The minimum absolute atomic E-state index is 0.00603. The van der Waals surface area contributed by atoms with Crippen LogP contribution in [0.2, 0.25) is 0 Å². The fourth-order valence-corrected chi connectivity index (χ4v) is 5.48. The zero-order chi connectivity index (χ0) is 23.9. The average molecular weight is 463 g/mol. The zero-order valence-electron chi connectivity index (χ0n) is 19.3. The van der Waals surface area contributed by atoms with Crippen molar-refractivity contribution in [3.63, 3.8) is 0 Å². The van der Waals surface area contributed by atoms with Gasteiger partial charge in [0.2, 0.25) is 5.91 Å². The van der Waals surface area contributed by atoms with Gasteiger partial charge in [0.1, 0.15) is 6.61 Å². The van der Waals surface area contributed by atoms with E-state index in [1.165, 1.54) is 22.3 Å². The monoisotopic (exact) mass is 462 g/mol. The van der Waals surface area contributed by atoms with Gasteiger partial charge in [0.15, 0.2) is 0 Å². The lowest BCUT2D eigenvalue weighted by Gasteiger charge is -2.37. The molecule has 7 heteroatoms. The van der Waals surface area contributed by atoms with Crippen LogP contribution < -0.4 is 5.32 Å². The molecular weight excluding hydrogens is 432 g/mol. The number of nitrogens with zero attached hydrogens (tertiary/aromatic N) is 1. The van der Waals surface area contributed by atoms with E-state index in [0.717, 1.165) is 0 Å². The van der Waals surface area contributed by atoms with E-state index in [1.54, 1.807) is 11.8 Å². The first kappa shape index (κ1) is 22.4. The van der Waals surface area contributed by atoms with Crippen LogP contribution in [0.5, 0.6) is 0 Å². The number of likely N-dealkylation sites (tertiary alicyclic amines) is 1. The third-order valence-electron chi connectivity index (χ3n) is 7.62. The number of nitrogens with one attached hydrogen (secondary N) is 1. The van der Waals surface area contributed by atoms with Gasteiger partial charge < -0.3 is 20.1 Å². The highest BCUT2D eigenvalue weighted by atomic mass is 16.5. The standard InChI is InChI=1S/C27H30N2O5/c1-27(25(31)32)11-6-12-29(16-27)24(30)22-13-17(22)14-28-26(33)34-15-23-20-9-4-2-7-18(20)19-8-3-5-10-21(19)23/h2-5,7-10,17,22-23H,6,11-16H2,1H3,(H,28,33)(H,31,32)/t17-,22-,27?/m0/s1. The van der Waals surface area contributed by atoms with E-state index in [4.69, 9.17) is 4.74 Å². The molecule has 2 aliphatic carbocycles. The Hall–Kier alpha value is -3.35. The van der Waals surface area contributed by atoms with Crippen LogP contribution in [-0.4, -0.2) is 54.2 Å². The van der Waals surface area contributed by atoms with Crippen molar-refractivity contribution in [2.24, 2.45) is 17.3 Å². The number of fused-ring (bicyclic) bond motifs is 3. The first-order valence-corrected chi connectivity index (χ1v) is 12.0. The molecule has 1 aliphatic heterocycles. The van der Waals surface area contributed by atoms with E-state index in [-0.39, 0.29) is 36.8 Å². The number of carboxylic acids is 1. The van der Waals surface area contributed by atoms with Crippen LogP contribution in [0.1, 0.15) is 43.2 Å². The first-order valence-electron chi connectivity index (χ1n) is 12.0. The summed E-state index contributed by atoms with van der Waals surface area (Å²) in [7, 11) is 0. The molecule has 34 heavy (non-hydrogen) atoms. The molecule has 2 N–H and O–H groups in total. The number of hydrogen-bond acceptors (Lipinski definition) is 4. The Bertz CT molecular complexity index is 1090. The summed E-state index contributed by atoms with van der Waals surface area (Å²) in [5, 5.41) is 12.3. The minimum Gasteiger partial charge on any atom is -0.481 e. The Kier molecular flexibility index (Phi) is 5.80. The highest BCUT2D eigenvalue weighted by Crippen LogP contribution is 2.44. The van der Waals surface area contributed by atoms with Gasteiger partial charge in [0.05, 0.1) is 5.41 Å². The number of alkyl carbamates (subject to hydrolysis) is 1. The van der Waals surface area contributed by atoms with Crippen molar-refractivity contribution in [2.75, 3.05) is 26.2 Å². The zero-order valence-corrected chi connectivity index (χ0v) is 19.3. The largest absolute Gasteiger partial charge is 0.481 e. The molecular formula is C27H30N2O5. The van der Waals surface area contributed by atoms with Crippen LogP contribution in [0.4, 0.5) is 4.79 Å². The summed E-state index contributed by atoms with van der Waals surface area (Å²) in [5.41, 5.74) is 3.82. The van der Waals surface area contributed by atoms with Crippen molar-refractivity contribution in [2.45, 2.75) is 32.1 Å². The van der Waals surface area contributed by atoms with Gasteiger partial charge in [-0.05, 0) is 54.4 Å². The van der Waals surface area contributed by atoms with Gasteiger partial charge in [-0.1, -0.05) is 48.5 Å². The van der Waals surface area contributed by atoms with E-state index < -0.39 is 17.5 Å². The first-order chi connectivity index (χ1) is 16.4. The molecule has 2 amide bonds. The van der Waals surface area contributed by atoms with E-state index >= 15 is 0 Å². The lowest BCUT2D eigenvalue weighted by Crippen LogP contribution is -2.49. The minimum atomic E-state index is -0.877. The molecule has 0 aromatic heterocycles. The molecule has 7 nitrogen and oxygen atoms in total. The molecule has 3 aliphatic rings. The Morgan fingerprint density at radius 3 is 2.38 bits per heavy atom. The number of piperidine rings is 1. The molecule has 0 radical (unpaired) electrons. The lowest BCUT2D eigenvalue weighted by molar-refractivity contribution is -0.153. The van der Waals surface area contributed by atoms with Gasteiger partial charge in [0, 0.05) is 31.5 Å². The summed E-state index contributed by atoms with van der Waals surface area (Å²) < 4.78 is 5.57. The van der Waals surface area contributed by atoms with E-state index in [0.29, 0.717) is 32.4 Å². The SMILES string of the molecule is CC1(C(=O)O)CCCN(C(=O)[C@H]2C[C@H]2CNC(=O)OCC2c3ccccc3-c3ccccc32)C1. The van der Waals surface area contributed by atoms with Crippen LogP contribution in [0.3, 0.4) is 0 Å². The number of rotatable bonds is 6. The summed E-state index contributed by atoms with van der Waals surface area (Å²) >= 11 is 0. The molecule has 0 bridgehead atoms. The van der Waals surface area contributed by atoms with Crippen molar-refractivity contribution in [1.82, 2.24) is 10.2 Å². The number of aliphatic carboxylic acids is 1. The maximum absolute atomic E-state index is 12.8. The third kappa shape index (κ3) is 4.15. The van der Waals surface area contributed by atoms with Crippen molar-refractivity contribution in [3.8, 4) is 11.1 Å². The Morgan fingerprint density at radius 2 is 1.74 bits per heavy atom. The van der Waals surface area contributed by atoms with Gasteiger partial charge >= 0.3 is 12.1 Å². The van der Waals surface area contributed by atoms with Crippen LogP contribution in [0, 0.1) is 17.3 Å². The van der Waals surface area contributed by atoms with Crippen molar-refractivity contribution in [3.05, 3.63) is 59.7 Å². The van der Waals surface area contributed by atoms with Gasteiger partial charge in [-0.3, -0.25) is 9.59 Å². The van der Waals surface area contributed by atoms with Crippen molar-refractivity contribution < 1.29 is 24.2 Å². The highest BCUT2D eigenvalue weighted by Gasteiger charge is 2.48. The normalized spacial score (nSPS) is 25.3. The Labute approximate surface area is 199 Å². The molecule has 3 atom stereocenters. The number of benzene rings is 2. The van der Waals surface area contributed by atoms with Crippen LogP contribution in [0.15, 0.2) is 48.5 Å². The molecule has 2 fully saturated rings. The van der Waals surface area contributed by atoms with E-state index in [9.17, 15) is 19.5 Å². The molecule has 5 rings (SSSR count). The molecule has 0 spiro atoms. The molecule has 1 unspecified atom stereocenters. The topological polar surface area (TPSA) is 95.9 Å². The molecule has 2 aromatic rings. The lowest BCUT2D eigenvalue weighted by atomic mass is 9.82. The summed E-state index contributed by atoms with van der Waals surface area (Å²) in [5.74, 6) is -0.909. The summed E-state index contributed by atoms with van der Waals surface area (Å²) in [4.78, 5) is 38.5. The maximum atomic E-state index is 12.8. The number of carboxylic acid groups (broad SMARTS) is 1. The second-order valence-corrected chi connectivity index (χ2v) is 10.0. The predicted octanol–water partition coefficient (Wildman–Crippen LogP) is 3.87. The summed E-state index contributed by atoms with van der Waals surface area (Å²) in [6.45, 7) is 3.21. The summed E-state index contributed by atoms with van der Waals surface area (Å²) in [6, 6.07) is 16.4. The molecule has 1 saturated heterocycles. The van der Waals surface area contributed by atoms with Crippen LogP contribution >= 0.6 is 0 Å². The second-order valence-electron chi connectivity index (χ2n) is 10.0. The predicted molar refractivity (Wildman–Crippen MR) is 126 cm³/mol. The van der Waals surface area contributed by atoms with Crippen molar-refractivity contribution >= 4 is 18.0 Å². The van der Waals surface area contributed by atoms with E-state index in [2.05, 4.69) is 29.6 Å². The van der Waals surface area contributed by atoms with Gasteiger partial charge in [-0.15, -0.1) is 0 Å². The third-order valence-corrected chi connectivity index (χ3v) is 7.62. The average Bonchev–Trinajstić information content (AvgIpc) is 3.55. The molecule has 2 aromatic carbocycles. The van der Waals surface area contributed by atoms with Gasteiger partial charge in [-0.2, -0.15) is 0 Å². The number of carbonyl (C=O) groups excluding carboxylic acids is 2. The van der Waals surface area contributed by atoms with E-state index in [1.807, 2.05) is 24.3 Å². The smallest absolute Gasteiger partial charge is 0.407 e. The second kappa shape index (κ2) is 8.78. The molecule has 178 valence electrons. The van der Waals surface area contributed by atoms with Gasteiger partial charge in [-0.25, -0.2) is 4.79 Å². The fourth-order valence-electron chi connectivity index (χ4n) is 5.48. The highest BCUT2D eigenvalue weighted by molar-refractivity contribution is 5.83. The fraction of sp³-hybridized carbons (Fsp3) is 0.444. The van der Waals surface area contributed by atoms with Gasteiger partial charge in [0.25, 0.3) is 0 Å². The summed E-state index contributed by atoms with van der Waals surface area (Å²) in [6.07, 6.45) is 1.52. The number of amides is 2.